The standard InChI is InChI=1S/C14H22N2OS/c1-9-7-13(11(3)18-9)10(2)16-14(17)8-12-5-4-6-15-12/h7,10,12,15H,4-6,8H2,1-3H3,(H,16,17). The van der Waals surface area contributed by atoms with Crippen molar-refractivity contribution < 1.29 is 4.79 Å². The largest absolute Gasteiger partial charge is 0.349 e. The van der Waals surface area contributed by atoms with Crippen LogP contribution < -0.4 is 10.6 Å². The third-order valence-corrected chi connectivity index (χ3v) is 4.50. The van der Waals surface area contributed by atoms with Gasteiger partial charge in [0, 0.05) is 22.2 Å². The van der Waals surface area contributed by atoms with Crippen molar-refractivity contribution >= 4 is 17.2 Å². The molecule has 0 radical (unpaired) electrons. The zero-order chi connectivity index (χ0) is 13.1. The Labute approximate surface area is 113 Å². The van der Waals surface area contributed by atoms with Crippen LogP contribution in [0.2, 0.25) is 0 Å². The van der Waals surface area contributed by atoms with E-state index in [-0.39, 0.29) is 11.9 Å². The number of hydrogen-bond donors (Lipinski definition) is 2. The molecule has 0 saturated carbocycles. The van der Waals surface area contributed by atoms with E-state index in [0.717, 1.165) is 13.0 Å². The Morgan fingerprint density at radius 2 is 2.39 bits per heavy atom. The van der Waals surface area contributed by atoms with Crippen molar-refractivity contribution in [1.82, 2.24) is 10.6 Å². The molecule has 1 aliphatic rings. The second-order valence-corrected chi connectivity index (χ2v) is 6.62. The van der Waals surface area contributed by atoms with E-state index < -0.39 is 0 Å². The Morgan fingerprint density at radius 3 is 2.94 bits per heavy atom. The highest BCUT2D eigenvalue weighted by atomic mass is 32.1. The van der Waals surface area contributed by atoms with Gasteiger partial charge in [-0.05, 0) is 51.8 Å². The van der Waals surface area contributed by atoms with Crippen LogP contribution in [0.4, 0.5) is 0 Å². The summed E-state index contributed by atoms with van der Waals surface area (Å²) in [6.07, 6.45) is 2.92. The molecule has 2 rings (SSSR count). The summed E-state index contributed by atoms with van der Waals surface area (Å²) in [5.41, 5.74) is 1.25. The van der Waals surface area contributed by atoms with E-state index in [1.54, 1.807) is 11.3 Å². The van der Waals surface area contributed by atoms with Crippen LogP contribution in [-0.4, -0.2) is 18.5 Å². The highest BCUT2D eigenvalue weighted by Gasteiger charge is 2.19. The van der Waals surface area contributed by atoms with Crippen molar-refractivity contribution in [3.05, 3.63) is 21.4 Å². The predicted octanol–water partition coefficient (Wildman–Crippen LogP) is 2.68. The minimum absolute atomic E-state index is 0.115. The zero-order valence-electron chi connectivity index (χ0n) is 11.4. The first-order chi connectivity index (χ1) is 8.56. The molecule has 1 amide bonds. The van der Waals surface area contributed by atoms with Crippen LogP contribution in [0.1, 0.15) is 47.5 Å². The van der Waals surface area contributed by atoms with Gasteiger partial charge in [0.2, 0.25) is 5.91 Å². The maximum Gasteiger partial charge on any atom is 0.222 e. The van der Waals surface area contributed by atoms with E-state index >= 15 is 0 Å². The molecule has 0 aromatic carbocycles. The molecule has 1 aliphatic heterocycles. The van der Waals surface area contributed by atoms with Gasteiger partial charge in [0.25, 0.3) is 0 Å². The summed E-state index contributed by atoms with van der Waals surface area (Å²) < 4.78 is 0. The number of carbonyl (C=O) groups is 1. The van der Waals surface area contributed by atoms with E-state index in [2.05, 4.69) is 37.5 Å². The summed E-state index contributed by atoms with van der Waals surface area (Å²) in [5.74, 6) is 0.158. The van der Waals surface area contributed by atoms with Crippen LogP contribution in [0.15, 0.2) is 6.07 Å². The van der Waals surface area contributed by atoms with E-state index in [0.29, 0.717) is 12.5 Å². The van der Waals surface area contributed by atoms with Crippen LogP contribution >= 0.6 is 11.3 Å². The summed E-state index contributed by atoms with van der Waals surface area (Å²) in [7, 11) is 0. The van der Waals surface area contributed by atoms with Crippen molar-refractivity contribution in [3.8, 4) is 0 Å². The predicted molar refractivity (Wildman–Crippen MR) is 76.0 cm³/mol. The number of amides is 1. The Balaban J connectivity index is 1.88. The molecule has 1 saturated heterocycles. The summed E-state index contributed by atoms with van der Waals surface area (Å²) in [5, 5.41) is 6.46. The van der Waals surface area contributed by atoms with E-state index in [1.807, 2.05) is 0 Å². The number of thiophene rings is 1. The summed E-state index contributed by atoms with van der Waals surface area (Å²) in [6, 6.07) is 2.67. The Kier molecular flexibility index (Phi) is 4.40. The summed E-state index contributed by atoms with van der Waals surface area (Å²) in [6.45, 7) is 7.34. The normalized spacial score (nSPS) is 20.9. The van der Waals surface area contributed by atoms with Crippen molar-refractivity contribution in [2.24, 2.45) is 0 Å². The second-order valence-electron chi connectivity index (χ2n) is 5.16. The SMILES string of the molecule is Cc1cc(C(C)NC(=O)CC2CCCN2)c(C)s1. The van der Waals surface area contributed by atoms with Gasteiger partial charge in [0.05, 0.1) is 6.04 Å². The Morgan fingerprint density at radius 1 is 1.61 bits per heavy atom. The molecule has 0 spiro atoms. The minimum Gasteiger partial charge on any atom is -0.349 e. The lowest BCUT2D eigenvalue weighted by molar-refractivity contribution is -0.122. The van der Waals surface area contributed by atoms with Crippen molar-refractivity contribution in [2.75, 3.05) is 6.54 Å². The molecule has 18 heavy (non-hydrogen) atoms. The maximum absolute atomic E-state index is 12.0. The molecule has 3 nitrogen and oxygen atoms in total. The molecule has 100 valence electrons. The van der Waals surface area contributed by atoms with Crippen LogP contribution in [0, 0.1) is 13.8 Å². The first kappa shape index (κ1) is 13.6. The van der Waals surface area contributed by atoms with Crippen LogP contribution in [-0.2, 0) is 4.79 Å². The molecular weight excluding hydrogens is 244 g/mol. The van der Waals surface area contributed by atoms with Crippen LogP contribution in [0.25, 0.3) is 0 Å². The van der Waals surface area contributed by atoms with Gasteiger partial charge >= 0.3 is 0 Å². The van der Waals surface area contributed by atoms with Gasteiger partial charge < -0.3 is 10.6 Å². The van der Waals surface area contributed by atoms with Gasteiger partial charge in [0.15, 0.2) is 0 Å². The average Bonchev–Trinajstić information content (AvgIpc) is 2.88. The highest BCUT2D eigenvalue weighted by molar-refractivity contribution is 7.12. The lowest BCUT2D eigenvalue weighted by Crippen LogP contribution is -2.33. The zero-order valence-corrected chi connectivity index (χ0v) is 12.2. The molecule has 2 atom stereocenters. The number of aryl methyl sites for hydroxylation is 2. The number of carbonyl (C=O) groups excluding carboxylic acids is 1. The Bertz CT molecular complexity index is 421. The fraction of sp³-hybridized carbons (Fsp3) is 0.643. The number of nitrogens with one attached hydrogen (secondary N) is 2. The highest BCUT2D eigenvalue weighted by Crippen LogP contribution is 2.26. The molecule has 0 bridgehead atoms. The van der Waals surface area contributed by atoms with E-state index in [4.69, 9.17) is 0 Å². The van der Waals surface area contributed by atoms with Gasteiger partial charge in [-0.2, -0.15) is 0 Å². The molecule has 4 heteroatoms. The second kappa shape index (κ2) is 5.85. The summed E-state index contributed by atoms with van der Waals surface area (Å²) >= 11 is 1.79. The molecule has 2 N–H and O–H groups in total. The molecule has 1 fully saturated rings. The molecular formula is C14H22N2OS. The fourth-order valence-electron chi connectivity index (χ4n) is 2.61. The van der Waals surface area contributed by atoms with E-state index in [9.17, 15) is 4.79 Å². The smallest absolute Gasteiger partial charge is 0.222 e. The minimum atomic E-state index is 0.115. The molecule has 1 aromatic rings. The number of rotatable bonds is 4. The monoisotopic (exact) mass is 266 g/mol. The van der Waals surface area contributed by atoms with Crippen LogP contribution in [0.3, 0.4) is 0 Å². The van der Waals surface area contributed by atoms with Gasteiger partial charge in [-0.3, -0.25) is 4.79 Å². The molecule has 2 heterocycles. The molecule has 2 unspecified atom stereocenters. The lowest BCUT2D eigenvalue weighted by Gasteiger charge is -2.16. The first-order valence-corrected chi connectivity index (χ1v) is 7.47. The average molecular weight is 266 g/mol. The lowest BCUT2D eigenvalue weighted by atomic mass is 10.1. The van der Waals surface area contributed by atoms with Gasteiger partial charge in [0.1, 0.15) is 0 Å². The van der Waals surface area contributed by atoms with Gasteiger partial charge in [-0.15, -0.1) is 11.3 Å². The van der Waals surface area contributed by atoms with Gasteiger partial charge in [-0.25, -0.2) is 0 Å². The van der Waals surface area contributed by atoms with Crippen molar-refractivity contribution in [1.29, 1.82) is 0 Å². The van der Waals surface area contributed by atoms with E-state index in [1.165, 1.54) is 21.7 Å². The first-order valence-electron chi connectivity index (χ1n) is 6.66. The van der Waals surface area contributed by atoms with Crippen molar-refractivity contribution in [2.45, 2.75) is 52.1 Å². The quantitative estimate of drug-likeness (QED) is 0.879. The topological polar surface area (TPSA) is 41.1 Å². The maximum atomic E-state index is 12.0. The summed E-state index contributed by atoms with van der Waals surface area (Å²) in [4.78, 5) is 14.6. The number of hydrogen-bond acceptors (Lipinski definition) is 3. The third-order valence-electron chi connectivity index (χ3n) is 3.52. The molecule has 0 aliphatic carbocycles. The van der Waals surface area contributed by atoms with Crippen molar-refractivity contribution in [3.63, 3.8) is 0 Å². The third kappa shape index (κ3) is 3.33. The van der Waals surface area contributed by atoms with Crippen LogP contribution in [0.5, 0.6) is 0 Å². The Hall–Kier alpha value is -0.870. The fourth-order valence-corrected chi connectivity index (χ4v) is 3.64. The molecule has 1 aromatic heterocycles. The van der Waals surface area contributed by atoms with Gasteiger partial charge in [-0.1, -0.05) is 0 Å².